The largest absolute Gasteiger partial charge is 0.465 e. The maximum Gasteiger partial charge on any atom is 0.341 e. The number of thioether (sulfide) groups is 1. The number of esters is 2. The molecule has 1 aromatic heterocycles. The molecule has 0 spiro atoms. The summed E-state index contributed by atoms with van der Waals surface area (Å²) in [6.07, 6.45) is 4.86. The quantitative estimate of drug-likeness (QED) is 0.360. The number of anilines is 1. The number of aryl methyl sites for hydroxylation is 1. The standard InChI is InChI=1S/C21H22ClNO5S2/c1-27-21(26)19-15-5-3-2-4-6-16(15)30-20(19)23-17(24)11-28-18(25)12-29-14-9-7-13(22)8-10-14/h7-10H,2-6,11-12H2,1H3,(H,23,24). The van der Waals surface area contributed by atoms with Crippen LogP contribution in [0.4, 0.5) is 5.00 Å². The highest BCUT2D eigenvalue weighted by Crippen LogP contribution is 2.37. The average molecular weight is 468 g/mol. The number of carbonyl (C=O) groups is 3. The molecule has 0 bridgehead atoms. The van der Waals surface area contributed by atoms with Crippen LogP contribution in [0, 0.1) is 0 Å². The van der Waals surface area contributed by atoms with Crippen LogP contribution in [0.1, 0.15) is 40.1 Å². The Balaban J connectivity index is 1.56. The van der Waals surface area contributed by atoms with Gasteiger partial charge in [-0.3, -0.25) is 9.59 Å². The summed E-state index contributed by atoms with van der Waals surface area (Å²) < 4.78 is 9.98. The van der Waals surface area contributed by atoms with Gasteiger partial charge in [0.1, 0.15) is 5.00 Å². The van der Waals surface area contributed by atoms with Crippen LogP contribution in [0.25, 0.3) is 0 Å². The molecule has 9 heteroatoms. The normalized spacial score (nSPS) is 13.1. The zero-order valence-electron chi connectivity index (χ0n) is 16.5. The van der Waals surface area contributed by atoms with Gasteiger partial charge in [0, 0.05) is 14.8 Å². The summed E-state index contributed by atoms with van der Waals surface area (Å²) in [6, 6.07) is 7.10. The molecule has 0 aliphatic heterocycles. The first-order valence-corrected chi connectivity index (χ1v) is 11.7. The van der Waals surface area contributed by atoms with E-state index in [2.05, 4.69) is 5.32 Å². The van der Waals surface area contributed by atoms with Crippen molar-refractivity contribution in [3.63, 3.8) is 0 Å². The molecular weight excluding hydrogens is 446 g/mol. The Hall–Kier alpha value is -2.03. The Kier molecular flexibility index (Phi) is 8.18. The highest BCUT2D eigenvalue weighted by atomic mass is 35.5. The number of hydrogen-bond donors (Lipinski definition) is 1. The maximum absolute atomic E-state index is 12.3. The molecule has 2 aromatic rings. The van der Waals surface area contributed by atoms with Crippen LogP contribution in [0.5, 0.6) is 0 Å². The van der Waals surface area contributed by atoms with Gasteiger partial charge >= 0.3 is 11.9 Å². The van der Waals surface area contributed by atoms with E-state index in [-0.39, 0.29) is 5.75 Å². The lowest BCUT2D eigenvalue weighted by molar-refractivity contribution is -0.144. The minimum atomic E-state index is -0.500. The number of fused-ring (bicyclic) bond motifs is 1. The van der Waals surface area contributed by atoms with Crippen molar-refractivity contribution in [1.82, 2.24) is 0 Å². The van der Waals surface area contributed by atoms with Gasteiger partial charge in [0.25, 0.3) is 5.91 Å². The van der Waals surface area contributed by atoms with Gasteiger partial charge in [-0.05, 0) is 55.5 Å². The molecular formula is C21H22ClNO5S2. The zero-order chi connectivity index (χ0) is 21.5. The summed E-state index contributed by atoms with van der Waals surface area (Å²) in [5.41, 5.74) is 1.40. The predicted molar refractivity (Wildman–Crippen MR) is 119 cm³/mol. The van der Waals surface area contributed by atoms with Gasteiger partial charge in [-0.15, -0.1) is 23.1 Å². The number of rotatable bonds is 7. The maximum atomic E-state index is 12.3. The van der Waals surface area contributed by atoms with Crippen molar-refractivity contribution in [1.29, 1.82) is 0 Å². The van der Waals surface area contributed by atoms with E-state index in [1.54, 1.807) is 12.1 Å². The van der Waals surface area contributed by atoms with Crippen molar-refractivity contribution in [3.05, 3.63) is 45.3 Å². The Bertz CT molecular complexity index is 926. The SMILES string of the molecule is COC(=O)c1c(NC(=O)COC(=O)CSc2ccc(Cl)cc2)sc2c1CCCCC2. The summed E-state index contributed by atoms with van der Waals surface area (Å²) in [7, 11) is 1.33. The van der Waals surface area contributed by atoms with Crippen LogP contribution >= 0.6 is 34.7 Å². The molecule has 6 nitrogen and oxygen atoms in total. The summed E-state index contributed by atoms with van der Waals surface area (Å²) in [4.78, 5) is 38.5. The summed E-state index contributed by atoms with van der Waals surface area (Å²) in [5.74, 6) is -1.36. The molecule has 3 rings (SSSR count). The number of halogens is 1. The number of benzene rings is 1. The number of hydrogen-bond acceptors (Lipinski definition) is 7. The van der Waals surface area contributed by atoms with Crippen LogP contribution in [-0.2, 0) is 31.9 Å². The zero-order valence-corrected chi connectivity index (χ0v) is 18.9. The first kappa shape index (κ1) is 22.7. The van der Waals surface area contributed by atoms with E-state index >= 15 is 0 Å². The fourth-order valence-electron chi connectivity index (χ4n) is 3.17. The van der Waals surface area contributed by atoms with Crippen molar-refractivity contribution in [2.75, 3.05) is 24.8 Å². The van der Waals surface area contributed by atoms with Crippen LogP contribution in [0.3, 0.4) is 0 Å². The third-order valence-corrected chi connectivity index (χ3v) is 7.04. The number of methoxy groups -OCH3 is 1. The molecule has 0 saturated heterocycles. The fraction of sp³-hybridized carbons (Fsp3) is 0.381. The highest BCUT2D eigenvalue weighted by Gasteiger charge is 2.26. The van der Waals surface area contributed by atoms with Crippen molar-refractivity contribution >= 4 is 57.5 Å². The topological polar surface area (TPSA) is 81.7 Å². The van der Waals surface area contributed by atoms with E-state index < -0.39 is 24.5 Å². The number of ether oxygens (including phenoxy) is 2. The minimum absolute atomic E-state index is 0.0790. The minimum Gasteiger partial charge on any atom is -0.465 e. The van der Waals surface area contributed by atoms with Crippen molar-refractivity contribution in [3.8, 4) is 0 Å². The summed E-state index contributed by atoms with van der Waals surface area (Å²) in [5, 5.41) is 3.80. The number of carbonyl (C=O) groups excluding carboxylic acids is 3. The van der Waals surface area contributed by atoms with Gasteiger partial charge in [-0.2, -0.15) is 0 Å². The lowest BCUT2D eigenvalue weighted by Gasteiger charge is -2.08. The van der Waals surface area contributed by atoms with Crippen LogP contribution in [0.15, 0.2) is 29.2 Å². The first-order chi connectivity index (χ1) is 14.5. The predicted octanol–water partition coefficient (Wildman–Crippen LogP) is 4.73. The van der Waals surface area contributed by atoms with E-state index in [0.717, 1.165) is 47.4 Å². The van der Waals surface area contributed by atoms with E-state index in [0.29, 0.717) is 15.6 Å². The van der Waals surface area contributed by atoms with Gasteiger partial charge in [0.15, 0.2) is 6.61 Å². The molecule has 0 saturated carbocycles. The van der Waals surface area contributed by atoms with E-state index in [1.165, 1.54) is 30.2 Å². The van der Waals surface area contributed by atoms with Crippen LogP contribution < -0.4 is 5.32 Å². The monoisotopic (exact) mass is 467 g/mol. The second-order valence-corrected chi connectivity index (χ2v) is 9.30. The van der Waals surface area contributed by atoms with E-state index in [4.69, 9.17) is 21.1 Å². The van der Waals surface area contributed by atoms with Crippen LogP contribution in [-0.4, -0.2) is 37.3 Å². The molecule has 1 N–H and O–H groups in total. The molecule has 0 fully saturated rings. The molecule has 1 amide bonds. The van der Waals surface area contributed by atoms with Gasteiger partial charge in [0.05, 0.1) is 18.4 Å². The summed E-state index contributed by atoms with van der Waals surface area (Å²) in [6.45, 7) is -0.414. The molecule has 0 atom stereocenters. The van der Waals surface area contributed by atoms with Gasteiger partial charge in [0.2, 0.25) is 0 Å². The lowest BCUT2D eigenvalue weighted by Crippen LogP contribution is -2.22. The highest BCUT2D eigenvalue weighted by molar-refractivity contribution is 8.00. The number of amides is 1. The Morgan fingerprint density at radius 1 is 1.13 bits per heavy atom. The molecule has 1 heterocycles. The van der Waals surface area contributed by atoms with Gasteiger partial charge in [-0.1, -0.05) is 18.0 Å². The number of thiophene rings is 1. The average Bonchev–Trinajstić information content (AvgIpc) is 2.91. The van der Waals surface area contributed by atoms with Gasteiger partial charge < -0.3 is 14.8 Å². The molecule has 30 heavy (non-hydrogen) atoms. The molecule has 1 aromatic carbocycles. The molecule has 1 aliphatic carbocycles. The van der Waals surface area contributed by atoms with E-state index in [1.807, 2.05) is 12.1 Å². The second-order valence-electron chi connectivity index (χ2n) is 6.71. The Morgan fingerprint density at radius 2 is 1.87 bits per heavy atom. The second kappa shape index (κ2) is 10.8. The smallest absolute Gasteiger partial charge is 0.341 e. The Labute approximate surface area is 188 Å². The van der Waals surface area contributed by atoms with Crippen molar-refractivity contribution in [2.45, 2.75) is 37.0 Å². The van der Waals surface area contributed by atoms with Crippen molar-refractivity contribution < 1.29 is 23.9 Å². The number of nitrogens with one attached hydrogen (secondary N) is 1. The molecule has 1 aliphatic rings. The van der Waals surface area contributed by atoms with Gasteiger partial charge in [-0.25, -0.2) is 4.79 Å². The molecule has 160 valence electrons. The fourth-order valence-corrected chi connectivity index (χ4v) is 5.29. The van der Waals surface area contributed by atoms with E-state index in [9.17, 15) is 14.4 Å². The third-order valence-electron chi connectivity index (χ3n) is 4.60. The third kappa shape index (κ3) is 6.00. The summed E-state index contributed by atoms with van der Waals surface area (Å²) >= 11 is 8.53. The Morgan fingerprint density at radius 3 is 2.60 bits per heavy atom. The van der Waals surface area contributed by atoms with Crippen molar-refractivity contribution in [2.24, 2.45) is 0 Å². The molecule has 0 radical (unpaired) electrons. The molecule has 0 unspecified atom stereocenters. The first-order valence-electron chi connectivity index (χ1n) is 9.54. The lowest BCUT2D eigenvalue weighted by atomic mass is 10.1. The van der Waals surface area contributed by atoms with Crippen LogP contribution in [0.2, 0.25) is 5.02 Å².